The molecule has 7 aromatic carbocycles. The largest absolute Gasteiger partial charge is 0.0616 e. The second-order valence-corrected chi connectivity index (χ2v) is 8.93. The lowest BCUT2D eigenvalue weighted by Gasteiger charge is -2.19. The Morgan fingerprint density at radius 1 is 0.294 bits per heavy atom. The van der Waals surface area contributed by atoms with Crippen molar-refractivity contribution in [2.45, 2.75) is 0 Å². The van der Waals surface area contributed by atoms with Crippen LogP contribution in [0.3, 0.4) is 0 Å². The van der Waals surface area contributed by atoms with Crippen molar-refractivity contribution in [2.24, 2.45) is 0 Å². The van der Waals surface area contributed by atoms with Crippen LogP contribution in [-0.2, 0) is 0 Å². The summed E-state index contributed by atoms with van der Waals surface area (Å²) in [4.78, 5) is 0. The van der Waals surface area contributed by atoms with E-state index in [-0.39, 0.29) is 0 Å². The molecule has 7 aromatic rings. The van der Waals surface area contributed by atoms with E-state index in [1.165, 1.54) is 65.3 Å². The van der Waals surface area contributed by atoms with Gasteiger partial charge in [-0.2, -0.15) is 0 Å². The van der Waals surface area contributed by atoms with Gasteiger partial charge in [-0.1, -0.05) is 127 Å². The van der Waals surface area contributed by atoms with Crippen molar-refractivity contribution >= 4 is 43.1 Å². The maximum absolute atomic E-state index is 2.33. The van der Waals surface area contributed by atoms with Crippen LogP contribution in [-0.4, -0.2) is 0 Å². The van der Waals surface area contributed by atoms with Gasteiger partial charge < -0.3 is 0 Å². The first-order chi connectivity index (χ1) is 16.9. The van der Waals surface area contributed by atoms with Crippen molar-refractivity contribution in [1.29, 1.82) is 0 Å². The van der Waals surface area contributed by atoms with Crippen LogP contribution < -0.4 is 0 Å². The highest BCUT2D eigenvalue weighted by molar-refractivity contribution is 6.23. The standard InChI is InChI=1S/C34H22/c1-2-12-25-22-26(21-20-23(25)10-1)33-29-15-5-7-17-31(29)34(32-18-8-6-16-30(32)33)28-19-9-13-24-11-3-4-14-27(24)28/h1-22H. The summed E-state index contributed by atoms with van der Waals surface area (Å²) in [7, 11) is 0. The van der Waals surface area contributed by atoms with Crippen LogP contribution >= 0.6 is 0 Å². The second kappa shape index (κ2) is 7.57. The molecule has 7 rings (SSSR count). The summed E-state index contributed by atoms with van der Waals surface area (Å²) in [6.45, 7) is 0. The minimum Gasteiger partial charge on any atom is -0.0616 e. The number of rotatable bonds is 2. The zero-order valence-corrected chi connectivity index (χ0v) is 18.7. The first kappa shape index (κ1) is 19.1. The molecule has 34 heavy (non-hydrogen) atoms. The van der Waals surface area contributed by atoms with Crippen LogP contribution in [0.1, 0.15) is 0 Å². The van der Waals surface area contributed by atoms with Crippen molar-refractivity contribution in [3.8, 4) is 22.3 Å². The average Bonchev–Trinajstić information content (AvgIpc) is 2.91. The quantitative estimate of drug-likeness (QED) is 0.239. The molecule has 0 atom stereocenters. The van der Waals surface area contributed by atoms with Gasteiger partial charge in [-0.25, -0.2) is 0 Å². The van der Waals surface area contributed by atoms with Crippen molar-refractivity contribution in [3.63, 3.8) is 0 Å². The fourth-order valence-corrected chi connectivity index (χ4v) is 5.52. The molecule has 0 unspecified atom stereocenters. The second-order valence-electron chi connectivity index (χ2n) is 8.93. The van der Waals surface area contributed by atoms with Gasteiger partial charge in [0.25, 0.3) is 0 Å². The fourth-order valence-electron chi connectivity index (χ4n) is 5.52. The minimum atomic E-state index is 1.26. The molecule has 0 radical (unpaired) electrons. The first-order valence-electron chi connectivity index (χ1n) is 11.8. The molecule has 158 valence electrons. The molecule has 0 aliphatic heterocycles. The third kappa shape index (κ3) is 2.86. The molecule has 0 spiro atoms. The molecule has 0 N–H and O–H groups in total. The summed E-state index contributed by atoms with van der Waals surface area (Å²) >= 11 is 0. The van der Waals surface area contributed by atoms with Crippen LogP contribution in [0.2, 0.25) is 0 Å². The van der Waals surface area contributed by atoms with E-state index < -0.39 is 0 Å². The Labute approximate surface area is 198 Å². The smallest absolute Gasteiger partial charge is 0.00201 e. The molecule has 0 saturated heterocycles. The molecule has 0 aromatic heterocycles. The lowest BCUT2D eigenvalue weighted by Crippen LogP contribution is -1.91. The molecule has 0 fully saturated rings. The minimum absolute atomic E-state index is 1.26. The molecule has 0 heterocycles. The Balaban J connectivity index is 1.66. The molecule has 0 amide bonds. The Morgan fingerprint density at radius 3 is 1.47 bits per heavy atom. The highest BCUT2D eigenvalue weighted by Gasteiger charge is 2.17. The number of hydrogen-bond donors (Lipinski definition) is 0. The molecule has 0 aliphatic rings. The summed E-state index contributed by atoms with van der Waals surface area (Å²) in [6, 6.07) is 48.6. The highest BCUT2D eigenvalue weighted by atomic mass is 14.2. The van der Waals surface area contributed by atoms with E-state index in [0.29, 0.717) is 0 Å². The SMILES string of the molecule is c1ccc2cc(-c3c4ccccc4c(-c4cccc5ccccc45)c4ccccc34)ccc2c1. The summed E-state index contributed by atoms with van der Waals surface area (Å²) < 4.78 is 0. The zero-order chi connectivity index (χ0) is 22.5. The summed E-state index contributed by atoms with van der Waals surface area (Å²) in [5, 5.41) is 10.3. The molecule has 0 bridgehead atoms. The van der Waals surface area contributed by atoms with Gasteiger partial charge in [0.2, 0.25) is 0 Å². The van der Waals surface area contributed by atoms with Gasteiger partial charge in [0.15, 0.2) is 0 Å². The van der Waals surface area contributed by atoms with Gasteiger partial charge in [0, 0.05) is 0 Å². The summed E-state index contributed by atoms with van der Waals surface area (Å²) in [6.07, 6.45) is 0. The van der Waals surface area contributed by atoms with E-state index in [2.05, 4.69) is 133 Å². The molecule has 0 saturated carbocycles. The van der Waals surface area contributed by atoms with E-state index in [1.54, 1.807) is 0 Å². The number of hydrogen-bond acceptors (Lipinski definition) is 0. The van der Waals surface area contributed by atoms with Gasteiger partial charge in [-0.3, -0.25) is 0 Å². The molecule has 0 aliphatic carbocycles. The predicted octanol–water partition coefficient (Wildman–Crippen LogP) is 9.63. The summed E-state index contributed by atoms with van der Waals surface area (Å²) in [5.41, 5.74) is 5.17. The summed E-state index contributed by atoms with van der Waals surface area (Å²) in [5.74, 6) is 0. The van der Waals surface area contributed by atoms with E-state index in [4.69, 9.17) is 0 Å². The number of fused-ring (bicyclic) bond motifs is 4. The van der Waals surface area contributed by atoms with Crippen molar-refractivity contribution in [3.05, 3.63) is 133 Å². The Hall–Kier alpha value is -4.42. The maximum Gasteiger partial charge on any atom is -0.00201 e. The van der Waals surface area contributed by atoms with Crippen molar-refractivity contribution in [1.82, 2.24) is 0 Å². The molecular weight excluding hydrogens is 408 g/mol. The third-order valence-electron chi connectivity index (χ3n) is 7.03. The molecule has 0 heteroatoms. The van der Waals surface area contributed by atoms with Gasteiger partial charge in [0.1, 0.15) is 0 Å². The first-order valence-corrected chi connectivity index (χ1v) is 11.8. The number of benzene rings is 7. The van der Waals surface area contributed by atoms with E-state index in [0.717, 1.165) is 0 Å². The van der Waals surface area contributed by atoms with Crippen LogP contribution in [0.15, 0.2) is 133 Å². The van der Waals surface area contributed by atoms with Crippen LogP contribution in [0.25, 0.3) is 65.3 Å². The van der Waals surface area contributed by atoms with Gasteiger partial charge in [0.05, 0.1) is 0 Å². The van der Waals surface area contributed by atoms with E-state index in [9.17, 15) is 0 Å². The lowest BCUT2D eigenvalue weighted by atomic mass is 9.84. The normalized spacial score (nSPS) is 11.5. The van der Waals surface area contributed by atoms with E-state index >= 15 is 0 Å². The maximum atomic E-state index is 2.33. The Bertz CT molecular complexity index is 1790. The van der Waals surface area contributed by atoms with Crippen molar-refractivity contribution in [2.75, 3.05) is 0 Å². The third-order valence-corrected chi connectivity index (χ3v) is 7.03. The Morgan fingerprint density at radius 2 is 0.794 bits per heavy atom. The fraction of sp³-hybridized carbons (Fsp3) is 0. The van der Waals surface area contributed by atoms with Crippen LogP contribution in [0, 0.1) is 0 Å². The van der Waals surface area contributed by atoms with Crippen LogP contribution in [0.4, 0.5) is 0 Å². The monoisotopic (exact) mass is 430 g/mol. The van der Waals surface area contributed by atoms with E-state index in [1.807, 2.05) is 0 Å². The average molecular weight is 431 g/mol. The van der Waals surface area contributed by atoms with Crippen LogP contribution in [0.5, 0.6) is 0 Å². The predicted molar refractivity (Wildman–Crippen MR) is 147 cm³/mol. The molecular formula is C34H22. The van der Waals surface area contributed by atoms with Gasteiger partial charge in [-0.15, -0.1) is 0 Å². The lowest BCUT2D eigenvalue weighted by molar-refractivity contribution is 1.68. The topological polar surface area (TPSA) is 0 Å². The zero-order valence-electron chi connectivity index (χ0n) is 18.7. The van der Waals surface area contributed by atoms with Gasteiger partial charge in [-0.05, 0) is 71.4 Å². The highest BCUT2D eigenvalue weighted by Crippen LogP contribution is 2.45. The van der Waals surface area contributed by atoms with Gasteiger partial charge >= 0.3 is 0 Å². The molecule has 0 nitrogen and oxygen atoms in total. The van der Waals surface area contributed by atoms with Crippen molar-refractivity contribution < 1.29 is 0 Å². The Kier molecular flexibility index (Phi) is 4.25.